The standard InChI is InChI=1S/C34H34O/c1-25-5-13-29(14-6-25)17-23-33(31-19-9-27(3)10-20-31)35-34(32-21-11-28(4)12-22-32)24-18-30-15-7-26(2)8-16-30/h5-24,33-34H,1-4H3/b23-17+,24-18+. The molecule has 4 aromatic carbocycles. The summed E-state index contributed by atoms with van der Waals surface area (Å²) in [5, 5.41) is 0. The summed E-state index contributed by atoms with van der Waals surface area (Å²) in [5.74, 6) is 0. The number of ether oxygens (including phenoxy) is 1. The lowest BCUT2D eigenvalue weighted by atomic mass is 10.0. The van der Waals surface area contributed by atoms with Gasteiger partial charge in [-0.2, -0.15) is 0 Å². The van der Waals surface area contributed by atoms with Gasteiger partial charge in [0.25, 0.3) is 0 Å². The summed E-state index contributed by atoms with van der Waals surface area (Å²) in [7, 11) is 0. The number of hydrogen-bond donors (Lipinski definition) is 0. The van der Waals surface area contributed by atoms with Crippen molar-refractivity contribution in [3.63, 3.8) is 0 Å². The molecule has 0 radical (unpaired) electrons. The first-order valence-corrected chi connectivity index (χ1v) is 12.2. The Kier molecular flexibility index (Phi) is 8.13. The number of hydrogen-bond acceptors (Lipinski definition) is 1. The highest BCUT2D eigenvalue weighted by Gasteiger charge is 2.16. The molecule has 1 heteroatoms. The van der Waals surface area contributed by atoms with Crippen LogP contribution in [0.3, 0.4) is 0 Å². The lowest BCUT2D eigenvalue weighted by molar-refractivity contribution is 0.0408. The molecule has 176 valence electrons. The van der Waals surface area contributed by atoms with E-state index in [4.69, 9.17) is 4.74 Å². The molecule has 0 aliphatic heterocycles. The Morgan fingerprint density at radius 3 is 1.03 bits per heavy atom. The van der Waals surface area contributed by atoms with Crippen LogP contribution in [0.15, 0.2) is 109 Å². The molecule has 0 bridgehead atoms. The summed E-state index contributed by atoms with van der Waals surface area (Å²) in [6.45, 7) is 8.44. The molecule has 0 N–H and O–H groups in total. The Morgan fingerprint density at radius 2 is 0.714 bits per heavy atom. The van der Waals surface area contributed by atoms with Crippen LogP contribution in [0.5, 0.6) is 0 Å². The smallest absolute Gasteiger partial charge is 0.102 e. The topological polar surface area (TPSA) is 9.23 Å². The van der Waals surface area contributed by atoms with Gasteiger partial charge in [-0.05, 0) is 49.9 Å². The van der Waals surface area contributed by atoms with E-state index in [1.54, 1.807) is 0 Å². The SMILES string of the molecule is Cc1ccc(/C=C/C(OC(/C=C/c2ccc(C)cc2)c2ccc(C)cc2)c2ccc(C)cc2)cc1. The predicted octanol–water partition coefficient (Wildman–Crippen LogP) is 9.15. The Hall–Kier alpha value is -3.68. The van der Waals surface area contributed by atoms with E-state index in [-0.39, 0.29) is 12.2 Å². The highest BCUT2D eigenvalue weighted by Crippen LogP contribution is 2.31. The van der Waals surface area contributed by atoms with Crippen molar-refractivity contribution in [3.05, 3.63) is 154 Å². The van der Waals surface area contributed by atoms with Crippen LogP contribution in [-0.2, 0) is 4.74 Å². The maximum Gasteiger partial charge on any atom is 0.102 e. The Bertz CT molecular complexity index is 1160. The third-order valence-corrected chi connectivity index (χ3v) is 6.19. The third kappa shape index (κ3) is 7.15. The summed E-state index contributed by atoms with van der Waals surface area (Å²) in [6, 6.07) is 34.4. The molecule has 0 spiro atoms. The molecule has 35 heavy (non-hydrogen) atoms. The van der Waals surface area contributed by atoms with Crippen molar-refractivity contribution >= 4 is 12.2 Å². The van der Waals surface area contributed by atoms with Crippen molar-refractivity contribution in [3.8, 4) is 0 Å². The zero-order chi connectivity index (χ0) is 24.6. The number of rotatable bonds is 8. The van der Waals surface area contributed by atoms with Gasteiger partial charge < -0.3 is 4.74 Å². The number of benzene rings is 4. The van der Waals surface area contributed by atoms with Gasteiger partial charge in [0.2, 0.25) is 0 Å². The lowest BCUT2D eigenvalue weighted by Crippen LogP contribution is -2.08. The summed E-state index contributed by atoms with van der Waals surface area (Å²) < 4.78 is 6.82. The molecule has 0 aromatic heterocycles. The van der Waals surface area contributed by atoms with Crippen LogP contribution in [0.2, 0.25) is 0 Å². The second-order valence-corrected chi connectivity index (χ2v) is 9.34. The average Bonchev–Trinajstić information content (AvgIpc) is 2.87. The minimum Gasteiger partial charge on any atom is -0.357 e. The van der Waals surface area contributed by atoms with E-state index in [0.29, 0.717) is 0 Å². The van der Waals surface area contributed by atoms with Crippen LogP contribution in [0, 0.1) is 27.7 Å². The van der Waals surface area contributed by atoms with Crippen molar-refractivity contribution in [2.75, 3.05) is 0 Å². The van der Waals surface area contributed by atoms with E-state index in [0.717, 1.165) is 11.1 Å². The molecular weight excluding hydrogens is 424 g/mol. The monoisotopic (exact) mass is 458 g/mol. The first-order valence-electron chi connectivity index (χ1n) is 12.2. The highest BCUT2D eigenvalue weighted by molar-refractivity contribution is 5.52. The molecule has 1 nitrogen and oxygen atoms in total. The van der Waals surface area contributed by atoms with Gasteiger partial charge in [-0.25, -0.2) is 0 Å². The zero-order valence-electron chi connectivity index (χ0n) is 21.1. The quantitative estimate of drug-likeness (QED) is 0.256. The fraction of sp³-hybridized carbons (Fsp3) is 0.176. The third-order valence-electron chi connectivity index (χ3n) is 6.19. The molecule has 2 unspecified atom stereocenters. The predicted molar refractivity (Wildman–Crippen MR) is 149 cm³/mol. The van der Waals surface area contributed by atoms with E-state index in [1.165, 1.54) is 33.4 Å². The molecule has 0 saturated heterocycles. The van der Waals surface area contributed by atoms with Crippen LogP contribution >= 0.6 is 0 Å². The van der Waals surface area contributed by atoms with Crippen LogP contribution < -0.4 is 0 Å². The first-order chi connectivity index (χ1) is 17.0. The van der Waals surface area contributed by atoms with Crippen molar-refractivity contribution < 1.29 is 4.74 Å². The normalized spacial score (nSPS) is 13.4. The van der Waals surface area contributed by atoms with Crippen molar-refractivity contribution in [2.24, 2.45) is 0 Å². The average molecular weight is 459 g/mol. The Balaban J connectivity index is 1.67. The van der Waals surface area contributed by atoms with Gasteiger partial charge in [-0.3, -0.25) is 0 Å². The van der Waals surface area contributed by atoms with Crippen LogP contribution in [-0.4, -0.2) is 0 Å². The van der Waals surface area contributed by atoms with Crippen molar-refractivity contribution in [1.29, 1.82) is 0 Å². The van der Waals surface area contributed by atoms with E-state index < -0.39 is 0 Å². The van der Waals surface area contributed by atoms with Crippen LogP contribution in [0.25, 0.3) is 12.2 Å². The maximum absolute atomic E-state index is 6.82. The van der Waals surface area contributed by atoms with Gasteiger partial charge >= 0.3 is 0 Å². The van der Waals surface area contributed by atoms with Crippen molar-refractivity contribution in [1.82, 2.24) is 0 Å². The molecule has 0 amide bonds. The molecule has 0 fully saturated rings. The second-order valence-electron chi connectivity index (χ2n) is 9.34. The largest absolute Gasteiger partial charge is 0.357 e. The van der Waals surface area contributed by atoms with Gasteiger partial charge in [0.1, 0.15) is 12.2 Å². The fourth-order valence-corrected chi connectivity index (χ4v) is 3.89. The second kappa shape index (κ2) is 11.6. The summed E-state index contributed by atoms with van der Waals surface area (Å²) >= 11 is 0. The highest BCUT2D eigenvalue weighted by atomic mass is 16.5. The minimum atomic E-state index is -0.189. The number of aryl methyl sites for hydroxylation is 4. The lowest BCUT2D eigenvalue weighted by Gasteiger charge is -2.22. The molecule has 0 aliphatic carbocycles. The van der Waals surface area contributed by atoms with E-state index in [9.17, 15) is 0 Å². The summed E-state index contributed by atoms with van der Waals surface area (Å²) in [4.78, 5) is 0. The van der Waals surface area contributed by atoms with E-state index in [1.807, 2.05) is 0 Å². The van der Waals surface area contributed by atoms with Gasteiger partial charge in [0, 0.05) is 0 Å². The van der Waals surface area contributed by atoms with E-state index in [2.05, 4.69) is 149 Å². The maximum atomic E-state index is 6.82. The van der Waals surface area contributed by atoms with Gasteiger partial charge in [-0.1, -0.05) is 144 Å². The molecule has 0 heterocycles. The summed E-state index contributed by atoms with van der Waals surface area (Å²) in [6.07, 6.45) is 8.25. The molecule has 0 aliphatic rings. The van der Waals surface area contributed by atoms with Crippen molar-refractivity contribution in [2.45, 2.75) is 39.9 Å². The molecule has 4 aromatic rings. The van der Waals surface area contributed by atoms with Gasteiger partial charge in [0.05, 0.1) is 0 Å². The minimum absolute atomic E-state index is 0.189. The molecular formula is C34H34O. The van der Waals surface area contributed by atoms with Crippen LogP contribution in [0.1, 0.15) is 56.7 Å². The fourth-order valence-electron chi connectivity index (χ4n) is 3.89. The Labute approximate surface area is 210 Å². The molecule has 0 saturated carbocycles. The molecule has 4 rings (SSSR count). The van der Waals surface area contributed by atoms with Crippen LogP contribution in [0.4, 0.5) is 0 Å². The van der Waals surface area contributed by atoms with Gasteiger partial charge in [0.15, 0.2) is 0 Å². The van der Waals surface area contributed by atoms with Gasteiger partial charge in [-0.15, -0.1) is 0 Å². The summed E-state index contributed by atoms with van der Waals surface area (Å²) in [5.41, 5.74) is 9.61. The zero-order valence-corrected chi connectivity index (χ0v) is 21.1. The van der Waals surface area contributed by atoms with E-state index >= 15 is 0 Å². The Morgan fingerprint density at radius 1 is 0.429 bits per heavy atom. The first kappa shape index (κ1) is 24.4. The molecule has 2 atom stereocenters.